The van der Waals surface area contributed by atoms with Crippen LogP contribution in [0.15, 0.2) is 47.5 Å². The molecule has 4 nitrogen and oxygen atoms in total. The number of sulfonamides is 1. The van der Waals surface area contributed by atoms with Gasteiger partial charge in [0, 0.05) is 22.2 Å². The molecular weight excluding hydrogens is 339 g/mol. The standard InChI is InChI=1S/C16H10ClFN2O2S/c1-2-10-3-6-14(13(18)7-10)20-9-16(23(19,21)22)12-5-4-11(17)8-15(12)20/h1,3-9H,(H2,19,21,22). The highest BCUT2D eigenvalue weighted by Gasteiger charge is 2.19. The lowest BCUT2D eigenvalue weighted by molar-refractivity contribution is 0.598. The fourth-order valence-electron chi connectivity index (χ4n) is 2.39. The number of benzene rings is 2. The number of primary sulfonamides is 1. The van der Waals surface area contributed by atoms with Gasteiger partial charge in [0.2, 0.25) is 10.0 Å². The van der Waals surface area contributed by atoms with E-state index in [1.54, 1.807) is 18.2 Å². The van der Waals surface area contributed by atoms with Crippen LogP contribution in [-0.4, -0.2) is 13.0 Å². The maximum absolute atomic E-state index is 14.3. The first-order valence-electron chi connectivity index (χ1n) is 6.41. The van der Waals surface area contributed by atoms with E-state index in [0.29, 0.717) is 21.5 Å². The summed E-state index contributed by atoms with van der Waals surface area (Å²) in [6, 6.07) is 8.84. The Morgan fingerprint density at radius 2 is 1.96 bits per heavy atom. The van der Waals surface area contributed by atoms with Gasteiger partial charge >= 0.3 is 0 Å². The summed E-state index contributed by atoms with van der Waals surface area (Å²) in [6.07, 6.45) is 6.51. The molecular formula is C16H10ClFN2O2S. The fourth-order valence-corrected chi connectivity index (χ4v) is 3.28. The smallest absolute Gasteiger partial charge is 0.240 e. The van der Waals surface area contributed by atoms with E-state index < -0.39 is 15.8 Å². The molecule has 0 aliphatic heterocycles. The summed E-state index contributed by atoms with van der Waals surface area (Å²) in [4.78, 5) is -0.107. The summed E-state index contributed by atoms with van der Waals surface area (Å²) in [5, 5.41) is 5.99. The van der Waals surface area contributed by atoms with E-state index in [1.165, 1.54) is 29.0 Å². The Balaban J connectivity index is 2.39. The molecule has 0 saturated heterocycles. The third kappa shape index (κ3) is 2.70. The predicted molar refractivity (Wildman–Crippen MR) is 87.6 cm³/mol. The molecule has 2 N–H and O–H groups in total. The molecule has 0 atom stereocenters. The molecule has 116 valence electrons. The monoisotopic (exact) mass is 348 g/mol. The SMILES string of the molecule is C#Cc1ccc(-n2cc(S(N)(=O)=O)c3ccc(Cl)cc32)c(F)c1. The van der Waals surface area contributed by atoms with Crippen LogP contribution < -0.4 is 5.14 Å². The molecule has 0 fully saturated rings. The summed E-state index contributed by atoms with van der Waals surface area (Å²) in [5.74, 6) is 1.75. The fraction of sp³-hybridized carbons (Fsp3) is 0. The molecule has 2 aromatic carbocycles. The number of halogens is 2. The van der Waals surface area contributed by atoms with Crippen molar-refractivity contribution < 1.29 is 12.8 Å². The first-order chi connectivity index (χ1) is 10.8. The van der Waals surface area contributed by atoms with Crippen molar-refractivity contribution in [3.8, 4) is 18.0 Å². The van der Waals surface area contributed by atoms with Gasteiger partial charge in [-0.3, -0.25) is 0 Å². The number of fused-ring (bicyclic) bond motifs is 1. The minimum atomic E-state index is -3.97. The van der Waals surface area contributed by atoms with Crippen LogP contribution in [0, 0.1) is 18.2 Å². The molecule has 1 aromatic heterocycles. The van der Waals surface area contributed by atoms with Gasteiger partial charge in [0.25, 0.3) is 0 Å². The molecule has 0 unspecified atom stereocenters. The highest BCUT2D eigenvalue weighted by molar-refractivity contribution is 7.89. The number of terminal acetylenes is 1. The minimum absolute atomic E-state index is 0.107. The summed E-state index contributed by atoms with van der Waals surface area (Å²) >= 11 is 5.97. The van der Waals surface area contributed by atoms with E-state index in [4.69, 9.17) is 23.2 Å². The van der Waals surface area contributed by atoms with Crippen molar-refractivity contribution in [1.82, 2.24) is 4.57 Å². The molecule has 23 heavy (non-hydrogen) atoms. The van der Waals surface area contributed by atoms with E-state index in [9.17, 15) is 12.8 Å². The average Bonchev–Trinajstić information content (AvgIpc) is 2.85. The second-order valence-electron chi connectivity index (χ2n) is 4.88. The minimum Gasteiger partial charge on any atom is -0.312 e. The van der Waals surface area contributed by atoms with Gasteiger partial charge in [0.1, 0.15) is 10.7 Å². The lowest BCUT2D eigenvalue weighted by Crippen LogP contribution is -2.11. The van der Waals surface area contributed by atoms with Gasteiger partial charge in [0.05, 0.1) is 11.2 Å². The Bertz CT molecular complexity index is 1080. The van der Waals surface area contributed by atoms with E-state index >= 15 is 0 Å². The van der Waals surface area contributed by atoms with Gasteiger partial charge in [-0.25, -0.2) is 17.9 Å². The summed E-state index contributed by atoms with van der Waals surface area (Å²) < 4.78 is 39.3. The second kappa shape index (κ2) is 5.39. The van der Waals surface area contributed by atoms with Crippen molar-refractivity contribution >= 4 is 32.5 Å². The number of nitrogens with two attached hydrogens (primary N) is 1. The molecule has 1 heterocycles. The van der Waals surface area contributed by atoms with Gasteiger partial charge in [0.15, 0.2) is 0 Å². The Labute approximate surface area is 137 Å². The zero-order valence-electron chi connectivity index (χ0n) is 11.6. The second-order valence-corrected chi connectivity index (χ2v) is 6.85. The zero-order valence-corrected chi connectivity index (χ0v) is 13.2. The lowest BCUT2D eigenvalue weighted by atomic mass is 10.2. The van der Waals surface area contributed by atoms with Crippen LogP contribution >= 0.6 is 11.6 Å². The molecule has 0 aliphatic rings. The van der Waals surface area contributed by atoms with Crippen molar-refractivity contribution in [1.29, 1.82) is 0 Å². The van der Waals surface area contributed by atoms with Crippen LogP contribution in [0.1, 0.15) is 5.56 Å². The number of hydrogen-bond donors (Lipinski definition) is 1. The zero-order chi connectivity index (χ0) is 16.8. The molecule has 0 aliphatic carbocycles. The molecule has 0 amide bonds. The Kier molecular flexibility index (Phi) is 3.65. The third-order valence-electron chi connectivity index (χ3n) is 3.41. The topological polar surface area (TPSA) is 65.1 Å². The summed E-state index contributed by atoms with van der Waals surface area (Å²) in [7, 11) is -3.97. The molecule has 0 saturated carbocycles. The molecule has 0 radical (unpaired) electrons. The molecule has 0 bridgehead atoms. The molecule has 7 heteroatoms. The van der Waals surface area contributed by atoms with Crippen molar-refractivity contribution in [2.75, 3.05) is 0 Å². The Morgan fingerprint density at radius 3 is 2.57 bits per heavy atom. The van der Waals surface area contributed by atoms with Gasteiger partial charge in [-0.05, 0) is 36.4 Å². The van der Waals surface area contributed by atoms with Crippen LogP contribution in [0.3, 0.4) is 0 Å². The van der Waals surface area contributed by atoms with Crippen LogP contribution in [0.5, 0.6) is 0 Å². The van der Waals surface area contributed by atoms with E-state index in [-0.39, 0.29) is 10.6 Å². The quantitative estimate of drug-likeness (QED) is 0.723. The van der Waals surface area contributed by atoms with Gasteiger partial charge in [-0.1, -0.05) is 17.5 Å². The first-order valence-corrected chi connectivity index (χ1v) is 8.33. The van der Waals surface area contributed by atoms with E-state index in [0.717, 1.165) is 0 Å². The van der Waals surface area contributed by atoms with Gasteiger partial charge in [-0.2, -0.15) is 0 Å². The largest absolute Gasteiger partial charge is 0.312 e. The maximum Gasteiger partial charge on any atom is 0.240 e. The predicted octanol–water partition coefficient (Wildman–Crippen LogP) is 3.05. The van der Waals surface area contributed by atoms with E-state index in [1.807, 2.05) is 0 Å². The van der Waals surface area contributed by atoms with Crippen LogP contribution in [0.4, 0.5) is 4.39 Å². The number of hydrogen-bond acceptors (Lipinski definition) is 2. The van der Waals surface area contributed by atoms with E-state index in [2.05, 4.69) is 5.92 Å². The number of nitrogens with zero attached hydrogens (tertiary/aromatic N) is 1. The van der Waals surface area contributed by atoms with Crippen LogP contribution in [0.2, 0.25) is 5.02 Å². The number of aromatic nitrogens is 1. The third-order valence-corrected chi connectivity index (χ3v) is 4.59. The highest BCUT2D eigenvalue weighted by Crippen LogP contribution is 2.30. The summed E-state index contributed by atoms with van der Waals surface area (Å²) in [6.45, 7) is 0. The van der Waals surface area contributed by atoms with Crippen LogP contribution in [0.25, 0.3) is 16.6 Å². The molecule has 3 aromatic rings. The Morgan fingerprint density at radius 1 is 1.22 bits per heavy atom. The lowest BCUT2D eigenvalue weighted by Gasteiger charge is -2.07. The summed E-state index contributed by atoms with van der Waals surface area (Å²) in [5.41, 5.74) is 0.951. The molecule has 0 spiro atoms. The van der Waals surface area contributed by atoms with Gasteiger partial charge in [-0.15, -0.1) is 6.42 Å². The van der Waals surface area contributed by atoms with Gasteiger partial charge < -0.3 is 4.57 Å². The highest BCUT2D eigenvalue weighted by atomic mass is 35.5. The number of rotatable bonds is 2. The first kappa shape index (κ1) is 15.6. The normalized spacial score (nSPS) is 11.6. The maximum atomic E-state index is 14.3. The Hall–Kier alpha value is -2.33. The average molecular weight is 349 g/mol. The van der Waals surface area contributed by atoms with Crippen molar-refractivity contribution in [3.05, 3.63) is 59.0 Å². The van der Waals surface area contributed by atoms with Crippen LogP contribution in [-0.2, 0) is 10.0 Å². The molecule has 3 rings (SSSR count). The van der Waals surface area contributed by atoms with Crippen molar-refractivity contribution in [3.63, 3.8) is 0 Å². The van der Waals surface area contributed by atoms with Crippen molar-refractivity contribution in [2.45, 2.75) is 4.90 Å². The van der Waals surface area contributed by atoms with Crippen molar-refractivity contribution in [2.24, 2.45) is 5.14 Å².